The maximum Gasteiger partial charge on any atom is 0.135 e. The van der Waals surface area contributed by atoms with E-state index in [-0.39, 0.29) is 23.4 Å². The smallest absolute Gasteiger partial charge is 0.135 e. The molecule has 0 aromatic carbocycles. The summed E-state index contributed by atoms with van der Waals surface area (Å²) in [6.45, 7) is 7.42. The molecule has 0 heterocycles. The Morgan fingerprint density at radius 1 is 1.15 bits per heavy atom. The van der Waals surface area contributed by atoms with Crippen molar-refractivity contribution in [2.24, 2.45) is 11.8 Å². The monoisotopic (exact) mass is 184 g/mol. The van der Waals surface area contributed by atoms with Gasteiger partial charge in [0, 0.05) is 18.3 Å². The Morgan fingerprint density at radius 3 is 2.08 bits per heavy atom. The summed E-state index contributed by atoms with van der Waals surface area (Å²) in [5, 5.41) is 0. The second kappa shape index (κ2) is 5.90. The van der Waals surface area contributed by atoms with E-state index in [2.05, 4.69) is 0 Å². The highest BCUT2D eigenvalue weighted by Crippen LogP contribution is 2.12. The van der Waals surface area contributed by atoms with Crippen molar-refractivity contribution in [3.8, 4) is 0 Å². The summed E-state index contributed by atoms with van der Waals surface area (Å²) in [7, 11) is 0. The lowest BCUT2D eigenvalue weighted by molar-refractivity contribution is -0.123. The Kier molecular flexibility index (Phi) is 5.60. The molecular weight excluding hydrogens is 164 g/mol. The van der Waals surface area contributed by atoms with E-state index < -0.39 is 0 Å². The van der Waals surface area contributed by atoms with Crippen molar-refractivity contribution in [2.45, 2.75) is 47.0 Å². The Bertz CT molecular complexity index is 185. The van der Waals surface area contributed by atoms with Gasteiger partial charge < -0.3 is 0 Å². The van der Waals surface area contributed by atoms with Crippen LogP contribution in [0.3, 0.4) is 0 Å². The number of hydrogen-bond donors (Lipinski definition) is 0. The van der Waals surface area contributed by atoms with E-state index in [0.717, 1.165) is 6.42 Å². The van der Waals surface area contributed by atoms with E-state index in [0.29, 0.717) is 12.8 Å². The molecule has 0 aromatic heterocycles. The standard InChI is InChI=1S/C11H20O2/c1-5-8(2)11(13)7-6-9(3)10(4)12/h8-9H,5-7H2,1-4H3. The molecule has 2 nitrogen and oxygen atoms in total. The number of ketones is 2. The summed E-state index contributed by atoms with van der Waals surface area (Å²) in [6.07, 6.45) is 2.15. The summed E-state index contributed by atoms with van der Waals surface area (Å²) in [5.74, 6) is 0.653. The van der Waals surface area contributed by atoms with Crippen LogP contribution in [-0.2, 0) is 9.59 Å². The van der Waals surface area contributed by atoms with Crippen LogP contribution in [0.4, 0.5) is 0 Å². The van der Waals surface area contributed by atoms with E-state index in [9.17, 15) is 9.59 Å². The highest BCUT2D eigenvalue weighted by Gasteiger charge is 2.14. The molecule has 0 rings (SSSR count). The van der Waals surface area contributed by atoms with Crippen molar-refractivity contribution in [1.82, 2.24) is 0 Å². The van der Waals surface area contributed by atoms with Gasteiger partial charge in [-0.1, -0.05) is 20.8 Å². The van der Waals surface area contributed by atoms with Gasteiger partial charge in [0.15, 0.2) is 0 Å². The molecule has 0 amide bonds. The summed E-state index contributed by atoms with van der Waals surface area (Å²) >= 11 is 0. The molecule has 0 fully saturated rings. The lowest BCUT2D eigenvalue weighted by Crippen LogP contribution is -2.13. The molecule has 2 unspecified atom stereocenters. The van der Waals surface area contributed by atoms with Gasteiger partial charge in [-0.05, 0) is 19.8 Å². The fraction of sp³-hybridized carbons (Fsp3) is 0.818. The second-order valence-corrected chi connectivity index (χ2v) is 3.83. The minimum Gasteiger partial charge on any atom is -0.300 e. The predicted molar refractivity (Wildman–Crippen MR) is 53.5 cm³/mol. The van der Waals surface area contributed by atoms with E-state index in [1.807, 2.05) is 20.8 Å². The molecule has 0 aliphatic carbocycles. The number of carbonyl (C=O) groups excluding carboxylic acids is 2. The number of hydrogen-bond acceptors (Lipinski definition) is 2. The van der Waals surface area contributed by atoms with E-state index in [1.165, 1.54) is 0 Å². The fourth-order valence-corrected chi connectivity index (χ4v) is 1.04. The van der Waals surface area contributed by atoms with Gasteiger partial charge in [-0.3, -0.25) is 9.59 Å². The van der Waals surface area contributed by atoms with Crippen molar-refractivity contribution in [1.29, 1.82) is 0 Å². The first-order valence-corrected chi connectivity index (χ1v) is 5.02. The molecule has 76 valence electrons. The Hall–Kier alpha value is -0.660. The average molecular weight is 184 g/mol. The van der Waals surface area contributed by atoms with Gasteiger partial charge in [0.05, 0.1) is 0 Å². The van der Waals surface area contributed by atoms with Crippen molar-refractivity contribution in [3.63, 3.8) is 0 Å². The molecule has 0 N–H and O–H groups in total. The van der Waals surface area contributed by atoms with Crippen LogP contribution in [0.2, 0.25) is 0 Å². The summed E-state index contributed by atoms with van der Waals surface area (Å²) < 4.78 is 0. The molecule has 13 heavy (non-hydrogen) atoms. The highest BCUT2D eigenvalue weighted by atomic mass is 16.1. The predicted octanol–water partition coefficient (Wildman–Crippen LogP) is 2.61. The topological polar surface area (TPSA) is 34.1 Å². The molecule has 0 aromatic rings. The normalized spacial score (nSPS) is 15.1. The maximum absolute atomic E-state index is 11.4. The van der Waals surface area contributed by atoms with Crippen LogP contribution < -0.4 is 0 Å². The molecule has 0 aliphatic heterocycles. The number of Topliss-reactive ketones (excluding diaryl/α,β-unsaturated/α-hetero) is 2. The summed E-state index contributed by atoms with van der Waals surface area (Å²) in [4.78, 5) is 22.3. The van der Waals surface area contributed by atoms with Gasteiger partial charge >= 0.3 is 0 Å². The van der Waals surface area contributed by atoms with E-state index in [4.69, 9.17) is 0 Å². The summed E-state index contributed by atoms with van der Waals surface area (Å²) in [5.41, 5.74) is 0. The minimum absolute atomic E-state index is 0.0352. The first-order chi connectivity index (χ1) is 5.99. The lowest BCUT2D eigenvalue weighted by atomic mass is 9.94. The van der Waals surface area contributed by atoms with Crippen LogP contribution in [0.5, 0.6) is 0 Å². The van der Waals surface area contributed by atoms with Crippen molar-refractivity contribution in [3.05, 3.63) is 0 Å². The molecule has 0 saturated carbocycles. The zero-order valence-electron chi connectivity index (χ0n) is 9.09. The first-order valence-electron chi connectivity index (χ1n) is 5.02. The van der Waals surface area contributed by atoms with Crippen LogP contribution in [-0.4, -0.2) is 11.6 Å². The first kappa shape index (κ1) is 12.3. The summed E-state index contributed by atoms with van der Waals surface area (Å²) in [6, 6.07) is 0. The molecule has 2 atom stereocenters. The van der Waals surface area contributed by atoms with Gasteiger partial charge in [0.2, 0.25) is 0 Å². The zero-order chi connectivity index (χ0) is 10.4. The van der Waals surface area contributed by atoms with Crippen molar-refractivity contribution < 1.29 is 9.59 Å². The Labute approximate surface area is 80.7 Å². The number of rotatable bonds is 6. The molecule has 0 spiro atoms. The van der Waals surface area contributed by atoms with Crippen LogP contribution in [0.25, 0.3) is 0 Å². The minimum atomic E-state index is 0.0352. The Balaban J connectivity index is 3.76. The molecule has 0 bridgehead atoms. The van der Waals surface area contributed by atoms with Gasteiger partial charge in [0.1, 0.15) is 11.6 Å². The quantitative estimate of drug-likeness (QED) is 0.636. The lowest BCUT2D eigenvalue weighted by Gasteiger charge is -2.09. The molecular formula is C11H20O2. The van der Waals surface area contributed by atoms with Crippen molar-refractivity contribution >= 4 is 11.6 Å². The molecule has 0 saturated heterocycles. The van der Waals surface area contributed by atoms with Gasteiger partial charge in [0.25, 0.3) is 0 Å². The third-order valence-corrected chi connectivity index (χ3v) is 2.68. The fourth-order valence-electron chi connectivity index (χ4n) is 1.04. The van der Waals surface area contributed by atoms with Crippen LogP contribution in [0.15, 0.2) is 0 Å². The van der Waals surface area contributed by atoms with Gasteiger partial charge in [-0.25, -0.2) is 0 Å². The molecule has 2 heteroatoms. The van der Waals surface area contributed by atoms with Crippen LogP contribution in [0.1, 0.15) is 47.0 Å². The Morgan fingerprint density at radius 2 is 1.69 bits per heavy atom. The van der Waals surface area contributed by atoms with Gasteiger partial charge in [-0.2, -0.15) is 0 Å². The largest absolute Gasteiger partial charge is 0.300 e. The van der Waals surface area contributed by atoms with E-state index in [1.54, 1.807) is 6.92 Å². The van der Waals surface area contributed by atoms with Crippen molar-refractivity contribution in [2.75, 3.05) is 0 Å². The van der Waals surface area contributed by atoms with Crippen LogP contribution in [0, 0.1) is 11.8 Å². The number of carbonyl (C=O) groups is 2. The van der Waals surface area contributed by atoms with Gasteiger partial charge in [-0.15, -0.1) is 0 Å². The maximum atomic E-state index is 11.4. The molecule has 0 aliphatic rings. The van der Waals surface area contributed by atoms with E-state index >= 15 is 0 Å². The SMILES string of the molecule is CCC(C)C(=O)CCC(C)C(C)=O. The third kappa shape index (κ3) is 4.81. The zero-order valence-corrected chi connectivity index (χ0v) is 9.09. The average Bonchev–Trinajstić information content (AvgIpc) is 2.11. The highest BCUT2D eigenvalue weighted by molar-refractivity contribution is 5.82. The third-order valence-electron chi connectivity index (χ3n) is 2.68. The van der Waals surface area contributed by atoms with Crippen LogP contribution >= 0.6 is 0 Å². The second-order valence-electron chi connectivity index (χ2n) is 3.83. The molecule has 0 radical (unpaired) electrons.